The lowest BCUT2D eigenvalue weighted by molar-refractivity contribution is -0.121. The Kier molecular flexibility index (Phi) is 2.87. The van der Waals surface area contributed by atoms with Crippen molar-refractivity contribution in [2.75, 3.05) is 7.11 Å². The fourth-order valence-corrected chi connectivity index (χ4v) is 2.72. The van der Waals surface area contributed by atoms with Crippen molar-refractivity contribution in [2.24, 2.45) is 0 Å². The van der Waals surface area contributed by atoms with Gasteiger partial charge in [-0.05, 0) is 17.7 Å². The zero-order chi connectivity index (χ0) is 13.3. The van der Waals surface area contributed by atoms with E-state index in [1.165, 1.54) is 0 Å². The lowest BCUT2D eigenvalue weighted by atomic mass is 9.85. The summed E-state index contributed by atoms with van der Waals surface area (Å²) in [5.74, 6) is 0.670. The minimum Gasteiger partial charge on any atom is -0.467 e. The maximum absolute atomic E-state index is 11.9. The van der Waals surface area contributed by atoms with Crippen LogP contribution in [0, 0.1) is 0 Å². The number of furan rings is 1. The lowest BCUT2D eigenvalue weighted by Crippen LogP contribution is -2.34. The van der Waals surface area contributed by atoms with Gasteiger partial charge in [-0.25, -0.2) is 0 Å². The summed E-state index contributed by atoms with van der Waals surface area (Å²) in [7, 11) is 1.63. The third kappa shape index (κ3) is 1.85. The molecule has 1 aliphatic heterocycles. The third-order valence-electron chi connectivity index (χ3n) is 3.65. The maximum Gasteiger partial charge on any atom is 0.224 e. The van der Waals surface area contributed by atoms with Crippen molar-refractivity contribution < 1.29 is 13.9 Å². The zero-order valence-electron chi connectivity index (χ0n) is 10.6. The van der Waals surface area contributed by atoms with Crippen LogP contribution in [0.4, 0.5) is 0 Å². The monoisotopic (exact) mass is 257 g/mol. The third-order valence-corrected chi connectivity index (χ3v) is 3.65. The molecule has 0 bridgehead atoms. The molecule has 0 saturated carbocycles. The number of benzene rings is 1. The molecule has 1 N–H and O–H groups in total. The summed E-state index contributed by atoms with van der Waals surface area (Å²) in [4.78, 5) is 11.9. The van der Waals surface area contributed by atoms with E-state index in [1.807, 2.05) is 42.5 Å². The molecule has 1 aliphatic rings. The second kappa shape index (κ2) is 4.55. The number of nitrogens with one attached hydrogen (secondary N) is 1. The molecule has 0 radical (unpaired) electrons. The van der Waals surface area contributed by atoms with Crippen LogP contribution >= 0.6 is 0 Å². The fourth-order valence-electron chi connectivity index (χ4n) is 2.72. The number of ether oxygens (including phenoxy) is 1. The summed E-state index contributed by atoms with van der Waals surface area (Å²) in [5, 5.41) is 2.94. The first-order valence-corrected chi connectivity index (χ1v) is 6.20. The van der Waals surface area contributed by atoms with Gasteiger partial charge in [-0.15, -0.1) is 0 Å². The predicted octanol–water partition coefficient (Wildman–Crippen LogP) is 2.38. The highest BCUT2D eigenvalue weighted by Gasteiger charge is 2.50. The quantitative estimate of drug-likeness (QED) is 0.918. The summed E-state index contributed by atoms with van der Waals surface area (Å²) in [6.07, 6.45) is 1.89. The molecule has 2 aromatic rings. The summed E-state index contributed by atoms with van der Waals surface area (Å²) in [6.45, 7) is 0. The normalized spacial score (nSPS) is 26.4. The van der Waals surface area contributed by atoms with E-state index >= 15 is 0 Å². The van der Waals surface area contributed by atoms with Gasteiger partial charge in [-0.2, -0.15) is 0 Å². The Labute approximate surface area is 111 Å². The van der Waals surface area contributed by atoms with E-state index in [-0.39, 0.29) is 11.9 Å². The van der Waals surface area contributed by atoms with Gasteiger partial charge in [0.1, 0.15) is 17.4 Å². The minimum absolute atomic E-state index is 0.0351. The molecule has 1 fully saturated rings. The van der Waals surface area contributed by atoms with E-state index in [9.17, 15) is 4.79 Å². The average Bonchev–Trinajstić information content (AvgIpc) is 3.07. The maximum atomic E-state index is 11.9. The minimum atomic E-state index is -0.712. The summed E-state index contributed by atoms with van der Waals surface area (Å²) < 4.78 is 11.2. The molecule has 4 heteroatoms. The number of amides is 1. The van der Waals surface area contributed by atoms with Gasteiger partial charge in [0.15, 0.2) is 0 Å². The van der Waals surface area contributed by atoms with Crippen LogP contribution in [-0.4, -0.2) is 13.0 Å². The van der Waals surface area contributed by atoms with E-state index in [4.69, 9.17) is 9.15 Å². The van der Waals surface area contributed by atoms with Gasteiger partial charge < -0.3 is 14.5 Å². The average molecular weight is 257 g/mol. The van der Waals surface area contributed by atoms with Crippen molar-refractivity contribution in [2.45, 2.75) is 18.1 Å². The number of carbonyl (C=O) groups is 1. The van der Waals surface area contributed by atoms with E-state index in [1.54, 1.807) is 13.4 Å². The van der Waals surface area contributed by atoms with Crippen LogP contribution in [0.1, 0.15) is 23.8 Å². The predicted molar refractivity (Wildman–Crippen MR) is 69.3 cm³/mol. The molecule has 1 aromatic carbocycles. The first-order valence-electron chi connectivity index (χ1n) is 6.20. The van der Waals surface area contributed by atoms with Crippen LogP contribution in [0.25, 0.3) is 0 Å². The second-order valence-corrected chi connectivity index (χ2v) is 4.65. The first-order chi connectivity index (χ1) is 9.26. The Hall–Kier alpha value is -2.07. The Morgan fingerprint density at radius 3 is 2.68 bits per heavy atom. The number of carbonyl (C=O) groups excluding carboxylic acids is 1. The van der Waals surface area contributed by atoms with Crippen LogP contribution in [0.5, 0.6) is 0 Å². The Bertz CT molecular complexity index is 564. The van der Waals surface area contributed by atoms with Crippen LogP contribution in [-0.2, 0) is 15.1 Å². The molecule has 1 saturated heterocycles. The van der Waals surface area contributed by atoms with Crippen molar-refractivity contribution in [3.05, 3.63) is 60.1 Å². The van der Waals surface area contributed by atoms with Crippen LogP contribution in [0.3, 0.4) is 0 Å². The van der Waals surface area contributed by atoms with Crippen molar-refractivity contribution >= 4 is 5.91 Å². The molecule has 4 nitrogen and oxygen atoms in total. The Morgan fingerprint density at radius 2 is 2.05 bits per heavy atom. The van der Waals surface area contributed by atoms with Gasteiger partial charge >= 0.3 is 0 Å². The zero-order valence-corrected chi connectivity index (χ0v) is 10.6. The number of hydrogen-bond donors (Lipinski definition) is 1. The van der Waals surface area contributed by atoms with E-state index in [0.717, 1.165) is 5.56 Å². The highest BCUT2D eigenvalue weighted by atomic mass is 16.5. The van der Waals surface area contributed by atoms with Crippen LogP contribution < -0.4 is 5.32 Å². The van der Waals surface area contributed by atoms with Crippen molar-refractivity contribution in [3.8, 4) is 0 Å². The molecule has 0 unspecified atom stereocenters. The number of rotatable bonds is 3. The van der Waals surface area contributed by atoms with Gasteiger partial charge in [0.2, 0.25) is 5.91 Å². The molecule has 2 heterocycles. The second-order valence-electron chi connectivity index (χ2n) is 4.65. The lowest BCUT2D eigenvalue weighted by Gasteiger charge is -2.32. The van der Waals surface area contributed by atoms with Crippen molar-refractivity contribution in [1.82, 2.24) is 5.32 Å². The van der Waals surface area contributed by atoms with Crippen molar-refractivity contribution in [3.63, 3.8) is 0 Å². The fraction of sp³-hybridized carbons (Fsp3) is 0.267. The molecule has 19 heavy (non-hydrogen) atoms. The highest BCUT2D eigenvalue weighted by Crippen LogP contribution is 2.45. The van der Waals surface area contributed by atoms with Gasteiger partial charge in [0.05, 0.1) is 12.7 Å². The standard InChI is InChI=1S/C15H15NO3/c1-18-15(11-6-3-2-4-7-11)10-13(17)16-14(15)12-8-5-9-19-12/h2-9,14H,10H2,1H3,(H,16,17)/t14-,15-/m1/s1. The molecule has 0 aliphatic carbocycles. The molecule has 1 aromatic heterocycles. The van der Waals surface area contributed by atoms with Gasteiger partial charge in [-0.3, -0.25) is 4.79 Å². The topological polar surface area (TPSA) is 51.5 Å². The smallest absolute Gasteiger partial charge is 0.224 e. The number of hydrogen-bond acceptors (Lipinski definition) is 3. The first kappa shape index (κ1) is 12.0. The number of methoxy groups -OCH3 is 1. The van der Waals surface area contributed by atoms with Crippen molar-refractivity contribution in [1.29, 1.82) is 0 Å². The molecule has 1 amide bonds. The molecule has 0 spiro atoms. The van der Waals surface area contributed by atoms with Gasteiger partial charge in [0, 0.05) is 7.11 Å². The molecular formula is C15H15NO3. The summed E-state index contributed by atoms with van der Waals surface area (Å²) in [5.41, 5.74) is 0.258. The van der Waals surface area contributed by atoms with Crippen LogP contribution in [0.15, 0.2) is 53.1 Å². The van der Waals surface area contributed by atoms with E-state index in [2.05, 4.69) is 5.32 Å². The molecule has 98 valence electrons. The Morgan fingerprint density at radius 1 is 1.26 bits per heavy atom. The highest BCUT2D eigenvalue weighted by molar-refractivity contribution is 5.81. The molecule has 3 rings (SSSR count). The van der Waals surface area contributed by atoms with E-state index < -0.39 is 5.60 Å². The van der Waals surface area contributed by atoms with Gasteiger partial charge in [0.25, 0.3) is 0 Å². The molecule has 2 atom stereocenters. The van der Waals surface area contributed by atoms with E-state index in [0.29, 0.717) is 12.2 Å². The van der Waals surface area contributed by atoms with Crippen LogP contribution in [0.2, 0.25) is 0 Å². The Balaban J connectivity index is 2.10. The molecular weight excluding hydrogens is 242 g/mol. The largest absolute Gasteiger partial charge is 0.467 e. The summed E-state index contributed by atoms with van der Waals surface area (Å²) >= 11 is 0. The summed E-state index contributed by atoms with van der Waals surface area (Å²) in [6, 6.07) is 13.1. The SMILES string of the molecule is CO[C@@]1(c2ccccc2)CC(=O)N[C@@H]1c1ccco1. The van der Waals surface area contributed by atoms with Gasteiger partial charge in [-0.1, -0.05) is 30.3 Å².